The van der Waals surface area contributed by atoms with Gasteiger partial charge in [-0.15, -0.1) is 0 Å². The molecule has 4 rings (SSSR count). The SMILES string of the molecule is N#Cc1cccc(C(=O)O)c1NC(=O)c1noc2ccc(NC(=O)c3ccccc3)cc12. The third kappa shape index (κ3) is 3.88. The molecule has 0 radical (unpaired) electrons. The van der Waals surface area contributed by atoms with Crippen LogP contribution in [0.2, 0.25) is 0 Å². The van der Waals surface area contributed by atoms with Crippen LogP contribution in [0.1, 0.15) is 36.8 Å². The van der Waals surface area contributed by atoms with Crippen LogP contribution in [0, 0.1) is 11.3 Å². The van der Waals surface area contributed by atoms with E-state index in [1.165, 1.54) is 24.3 Å². The smallest absolute Gasteiger partial charge is 0.337 e. The second kappa shape index (κ2) is 8.41. The Balaban J connectivity index is 1.65. The number of aromatic nitrogens is 1. The number of amides is 2. The number of rotatable bonds is 5. The summed E-state index contributed by atoms with van der Waals surface area (Å²) in [5, 5.41) is 27.9. The fourth-order valence-electron chi connectivity index (χ4n) is 3.10. The van der Waals surface area contributed by atoms with Crippen molar-refractivity contribution in [2.24, 2.45) is 0 Å². The molecule has 0 aliphatic carbocycles. The van der Waals surface area contributed by atoms with Gasteiger partial charge in [0.2, 0.25) is 0 Å². The van der Waals surface area contributed by atoms with E-state index >= 15 is 0 Å². The van der Waals surface area contributed by atoms with E-state index in [2.05, 4.69) is 15.8 Å². The minimum absolute atomic E-state index is 0.0122. The van der Waals surface area contributed by atoms with E-state index in [9.17, 15) is 24.8 Å². The molecule has 156 valence electrons. The zero-order chi connectivity index (χ0) is 22.7. The molecule has 0 fully saturated rings. The lowest BCUT2D eigenvalue weighted by molar-refractivity contribution is 0.0697. The second-order valence-corrected chi connectivity index (χ2v) is 6.66. The number of benzene rings is 3. The molecule has 0 aliphatic rings. The summed E-state index contributed by atoms with van der Waals surface area (Å²) in [6.07, 6.45) is 0. The van der Waals surface area contributed by atoms with E-state index in [4.69, 9.17) is 4.52 Å². The van der Waals surface area contributed by atoms with Crippen molar-refractivity contribution in [1.29, 1.82) is 5.26 Å². The van der Waals surface area contributed by atoms with Crippen molar-refractivity contribution < 1.29 is 24.0 Å². The Labute approximate surface area is 180 Å². The van der Waals surface area contributed by atoms with E-state index in [1.54, 1.807) is 42.5 Å². The first kappa shape index (κ1) is 20.3. The number of hydrogen-bond donors (Lipinski definition) is 3. The Morgan fingerprint density at radius 3 is 2.44 bits per heavy atom. The largest absolute Gasteiger partial charge is 0.478 e. The van der Waals surface area contributed by atoms with Gasteiger partial charge in [0.25, 0.3) is 11.8 Å². The van der Waals surface area contributed by atoms with Gasteiger partial charge < -0.3 is 20.3 Å². The maximum atomic E-state index is 12.9. The van der Waals surface area contributed by atoms with Crippen LogP contribution in [0.4, 0.5) is 11.4 Å². The predicted octanol–water partition coefficient (Wildman–Crippen LogP) is 3.90. The highest BCUT2D eigenvalue weighted by Gasteiger charge is 2.21. The number of carboxylic acid groups (broad SMARTS) is 1. The number of carbonyl (C=O) groups excluding carboxylic acids is 2. The number of para-hydroxylation sites is 1. The molecule has 0 saturated carbocycles. The maximum Gasteiger partial charge on any atom is 0.337 e. The Bertz CT molecular complexity index is 1400. The molecule has 4 aromatic rings. The molecule has 0 saturated heterocycles. The van der Waals surface area contributed by atoms with Crippen molar-refractivity contribution >= 4 is 40.1 Å². The van der Waals surface area contributed by atoms with Gasteiger partial charge in [-0.3, -0.25) is 9.59 Å². The Hall–Kier alpha value is -4.97. The van der Waals surface area contributed by atoms with Crippen LogP contribution in [-0.2, 0) is 0 Å². The molecule has 9 heteroatoms. The topological polar surface area (TPSA) is 145 Å². The van der Waals surface area contributed by atoms with Crippen molar-refractivity contribution in [3.05, 3.63) is 89.1 Å². The zero-order valence-electron chi connectivity index (χ0n) is 16.3. The number of carboxylic acids is 1. The molecule has 32 heavy (non-hydrogen) atoms. The van der Waals surface area contributed by atoms with E-state index in [-0.39, 0.29) is 28.4 Å². The summed E-state index contributed by atoms with van der Waals surface area (Å²) in [6.45, 7) is 0. The number of nitrogens with zero attached hydrogens (tertiary/aromatic N) is 2. The molecule has 9 nitrogen and oxygen atoms in total. The third-order valence-electron chi connectivity index (χ3n) is 4.63. The highest BCUT2D eigenvalue weighted by molar-refractivity contribution is 6.14. The van der Waals surface area contributed by atoms with Crippen molar-refractivity contribution in [1.82, 2.24) is 5.16 Å². The lowest BCUT2D eigenvalue weighted by Crippen LogP contribution is -2.17. The van der Waals surface area contributed by atoms with Gasteiger partial charge in [-0.1, -0.05) is 29.4 Å². The van der Waals surface area contributed by atoms with Crippen molar-refractivity contribution in [2.45, 2.75) is 0 Å². The van der Waals surface area contributed by atoms with Crippen molar-refractivity contribution in [3.8, 4) is 6.07 Å². The summed E-state index contributed by atoms with van der Waals surface area (Å²) in [5.74, 6) is -2.39. The summed E-state index contributed by atoms with van der Waals surface area (Å²) in [5.41, 5.74) is 0.650. The monoisotopic (exact) mass is 426 g/mol. The number of nitriles is 1. The first-order valence-corrected chi connectivity index (χ1v) is 9.31. The molecule has 2 amide bonds. The van der Waals surface area contributed by atoms with E-state index in [0.29, 0.717) is 22.2 Å². The Morgan fingerprint density at radius 1 is 0.938 bits per heavy atom. The standard InChI is InChI=1S/C23H14N4O5/c24-12-14-7-4-8-16(23(30)31)19(14)26-22(29)20-17-11-15(9-10-18(17)32-27-20)25-21(28)13-5-2-1-3-6-13/h1-11H,(H,25,28)(H,26,29)(H,30,31). The summed E-state index contributed by atoms with van der Waals surface area (Å²) >= 11 is 0. The third-order valence-corrected chi connectivity index (χ3v) is 4.63. The van der Waals surface area contributed by atoms with Gasteiger partial charge in [0.1, 0.15) is 6.07 Å². The minimum Gasteiger partial charge on any atom is -0.478 e. The second-order valence-electron chi connectivity index (χ2n) is 6.66. The normalized spacial score (nSPS) is 10.3. The van der Waals surface area contributed by atoms with Gasteiger partial charge in [0.15, 0.2) is 11.3 Å². The molecule has 1 heterocycles. The summed E-state index contributed by atoms with van der Waals surface area (Å²) in [7, 11) is 0. The molecular weight excluding hydrogens is 412 g/mol. The molecule has 3 aromatic carbocycles. The molecule has 0 unspecified atom stereocenters. The predicted molar refractivity (Wildman–Crippen MR) is 114 cm³/mol. The van der Waals surface area contributed by atoms with Crippen LogP contribution in [0.3, 0.4) is 0 Å². The zero-order valence-corrected chi connectivity index (χ0v) is 16.3. The fraction of sp³-hybridized carbons (Fsp3) is 0. The van der Waals surface area contributed by atoms with E-state index in [0.717, 1.165) is 0 Å². The number of hydrogen-bond acceptors (Lipinski definition) is 6. The Morgan fingerprint density at radius 2 is 1.72 bits per heavy atom. The summed E-state index contributed by atoms with van der Waals surface area (Å²) < 4.78 is 5.18. The molecule has 1 aromatic heterocycles. The van der Waals surface area contributed by atoms with Crippen molar-refractivity contribution in [3.63, 3.8) is 0 Å². The van der Waals surface area contributed by atoms with Crippen LogP contribution < -0.4 is 10.6 Å². The summed E-state index contributed by atoms with van der Waals surface area (Å²) in [6, 6.07) is 19.2. The fourth-order valence-corrected chi connectivity index (χ4v) is 3.10. The minimum atomic E-state index is -1.30. The quantitative estimate of drug-likeness (QED) is 0.439. The molecule has 3 N–H and O–H groups in total. The highest BCUT2D eigenvalue weighted by Crippen LogP contribution is 2.26. The first-order chi connectivity index (χ1) is 15.5. The number of anilines is 2. The van der Waals surface area contributed by atoms with Crippen LogP contribution in [0.15, 0.2) is 71.3 Å². The van der Waals surface area contributed by atoms with E-state index in [1.807, 2.05) is 6.07 Å². The number of aromatic carboxylic acids is 1. The van der Waals surface area contributed by atoms with Crippen LogP contribution in [0.5, 0.6) is 0 Å². The number of carbonyl (C=O) groups is 3. The summed E-state index contributed by atoms with van der Waals surface area (Å²) in [4.78, 5) is 36.8. The van der Waals surface area contributed by atoms with Gasteiger partial charge >= 0.3 is 5.97 Å². The van der Waals surface area contributed by atoms with Gasteiger partial charge in [-0.25, -0.2) is 4.79 Å². The average molecular weight is 426 g/mol. The highest BCUT2D eigenvalue weighted by atomic mass is 16.5. The molecular formula is C23H14N4O5. The van der Waals surface area contributed by atoms with Gasteiger partial charge in [0, 0.05) is 11.3 Å². The molecule has 0 atom stereocenters. The van der Waals surface area contributed by atoms with Crippen LogP contribution >= 0.6 is 0 Å². The number of fused-ring (bicyclic) bond motifs is 1. The Kier molecular flexibility index (Phi) is 5.34. The van der Waals surface area contributed by atoms with Gasteiger partial charge in [0.05, 0.1) is 22.2 Å². The molecule has 0 bridgehead atoms. The van der Waals surface area contributed by atoms with E-state index < -0.39 is 11.9 Å². The first-order valence-electron chi connectivity index (χ1n) is 9.31. The molecule has 0 spiro atoms. The van der Waals surface area contributed by atoms with Gasteiger partial charge in [-0.05, 0) is 42.5 Å². The maximum absolute atomic E-state index is 12.9. The lowest BCUT2D eigenvalue weighted by atomic mass is 10.1. The van der Waals surface area contributed by atoms with Gasteiger partial charge in [-0.2, -0.15) is 5.26 Å². The lowest BCUT2D eigenvalue weighted by Gasteiger charge is -2.09. The average Bonchev–Trinajstić information content (AvgIpc) is 3.23. The van der Waals surface area contributed by atoms with Crippen LogP contribution in [-0.4, -0.2) is 28.0 Å². The molecule has 0 aliphatic heterocycles. The van der Waals surface area contributed by atoms with Crippen molar-refractivity contribution in [2.75, 3.05) is 10.6 Å². The van der Waals surface area contributed by atoms with Crippen LogP contribution in [0.25, 0.3) is 11.0 Å². The number of nitrogens with one attached hydrogen (secondary N) is 2.